The standard InChI is InChI=1S/C16H20ClN2O3P/c1-11(2)21-23(20,22-12(3)4)16(14(9-18)10-19)13-5-7-15(17)8-6-13/h5-8,11-12,14,16H,1-4H3. The van der Waals surface area contributed by atoms with Crippen LogP contribution in [0.4, 0.5) is 0 Å². The van der Waals surface area contributed by atoms with Gasteiger partial charge in [0.15, 0.2) is 5.92 Å². The molecule has 5 nitrogen and oxygen atoms in total. The first-order valence-electron chi connectivity index (χ1n) is 7.24. The fraction of sp³-hybridized carbons (Fsp3) is 0.500. The van der Waals surface area contributed by atoms with Crippen LogP contribution in [0.2, 0.25) is 5.02 Å². The number of nitriles is 2. The van der Waals surface area contributed by atoms with Crippen LogP contribution < -0.4 is 0 Å². The Morgan fingerprint density at radius 1 is 1.00 bits per heavy atom. The molecule has 1 rings (SSSR count). The van der Waals surface area contributed by atoms with Crippen LogP contribution in [0.3, 0.4) is 0 Å². The third kappa shape index (κ3) is 5.34. The van der Waals surface area contributed by atoms with Gasteiger partial charge in [0.05, 0.1) is 24.3 Å². The molecule has 7 heteroatoms. The highest BCUT2D eigenvalue weighted by Crippen LogP contribution is 2.65. The lowest BCUT2D eigenvalue weighted by molar-refractivity contribution is 0.135. The molecular formula is C16H20ClN2O3P. The Morgan fingerprint density at radius 2 is 1.43 bits per heavy atom. The molecule has 1 unspecified atom stereocenters. The summed E-state index contributed by atoms with van der Waals surface area (Å²) in [6, 6.07) is 10.3. The predicted octanol–water partition coefficient (Wildman–Crippen LogP) is 5.09. The zero-order valence-electron chi connectivity index (χ0n) is 13.6. The summed E-state index contributed by atoms with van der Waals surface area (Å²) in [4.78, 5) is 0. The monoisotopic (exact) mass is 354 g/mol. The van der Waals surface area contributed by atoms with Gasteiger partial charge in [0.2, 0.25) is 0 Å². The predicted molar refractivity (Wildman–Crippen MR) is 89.0 cm³/mol. The molecule has 23 heavy (non-hydrogen) atoms. The van der Waals surface area contributed by atoms with Gasteiger partial charge in [-0.25, -0.2) is 0 Å². The number of hydrogen-bond acceptors (Lipinski definition) is 5. The number of halogens is 1. The highest BCUT2D eigenvalue weighted by molar-refractivity contribution is 7.54. The lowest BCUT2D eigenvalue weighted by Crippen LogP contribution is -2.18. The van der Waals surface area contributed by atoms with Gasteiger partial charge >= 0.3 is 7.60 Å². The fourth-order valence-corrected chi connectivity index (χ4v) is 4.78. The number of rotatable bonds is 7. The zero-order chi connectivity index (χ0) is 17.6. The molecule has 0 aliphatic heterocycles. The first-order valence-corrected chi connectivity index (χ1v) is 9.23. The van der Waals surface area contributed by atoms with Gasteiger partial charge in [-0.2, -0.15) is 10.5 Å². The Labute approximate surface area is 142 Å². The maximum Gasteiger partial charge on any atom is 0.340 e. The summed E-state index contributed by atoms with van der Waals surface area (Å²) < 4.78 is 24.6. The maximum atomic E-state index is 13.4. The van der Waals surface area contributed by atoms with E-state index in [0.717, 1.165) is 0 Å². The summed E-state index contributed by atoms with van der Waals surface area (Å²) in [5, 5.41) is 19.1. The molecule has 0 N–H and O–H groups in total. The van der Waals surface area contributed by atoms with Gasteiger partial charge in [0.1, 0.15) is 5.66 Å². The quantitative estimate of drug-likeness (QED) is 0.637. The summed E-state index contributed by atoms with van der Waals surface area (Å²) in [6.45, 7) is 6.90. The minimum atomic E-state index is -3.76. The van der Waals surface area contributed by atoms with E-state index in [-0.39, 0.29) is 12.2 Å². The first-order chi connectivity index (χ1) is 10.7. The van der Waals surface area contributed by atoms with Crippen LogP contribution in [0.25, 0.3) is 0 Å². The minimum Gasteiger partial charge on any atom is -0.305 e. The summed E-state index contributed by atoms with van der Waals surface area (Å²) >= 11 is 5.89. The van der Waals surface area contributed by atoms with Crippen LogP contribution in [-0.2, 0) is 13.6 Å². The van der Waals surface area contributed by atoms with Crippen molar-refractivity contribution in [2.75, 3.05) is 0 Å². The molecule has 0 radical (unpaired) electrons. The number of hydrogen-bond donors (Lipinski definition) is 0. The number of benzene rings is 1. The molecule has 1 aromatic rings. The second kappa shape index (κ2) is 8.48. The summed E-state index contributed by atoms with van der Waals surface area (Å²) in [5.41, 5.74) is -0.480. The van der Waals surface area contributed by atoms with Gasteiger partial charge < -0.3 is 9.05 Å². The normalized spacial score (nSPS) is 13.1. The van der Waals surface area contributed by atoms with Crippen LogP contribution in [0.5, 0.6) is 0 Å². The van der Waals surface area contributed by atoms with Crippen LogP contribution in [0, 0.1) is 28.6 Å². The third-order valence-corrected chi connectivity index (χ3v) is 5.82. The van der Waals surface area contributed by atoms with E-state index in [9.17, 15) is 15.1 Å². The summed E-state index contributed by atoms with van der Waals surface area (Å²) in [6.07, 6.45) is -0.764. The van der Waals surface area contributed by atoms with Crippen molar-refractivity contribution in [2.24, 2.45) is 5.92 Å². The molecule has 0 fully saturated rings. The SMILES string of the molecule is CC(C)OP(=O)(OC(C)C)C(c1ccc(Cl)cc1)C(C#N)C#N. The second-order valence-electron chi connectivity index (χ2n) is 5.58. The average molecular weight is 355 g/mol. The van der Waals surface area contributed by atoms with Crippen molar-refractivity contribution >= 4 is 19.2 Å². The van der Waals surface area contributed by atoms with E-state index in [1.54, 1.807) is 52.0 Å². The lowest BCUT2D eigenvalue weighted by Gasteiger charge is -2.30. The van der Waals surface area contributed by atoms with Gasteiger partial charge in [-0.1, -0.05) is 23.7 Å². The van der Waals surface area contributed by atoms with E-state index in [1.165, 1.54) is 0 Å². The number of nitrogens with zero attached hydrogens (tertiary/aromatic N) is 2. The average Bonchev–Trinajstić information content (AvgIpc) is 2.44. The molecule has 0 aliphatic carbocycles. The molecule has 0 aromatic heterocycles. The minimum absolute atomic E-state index is 0.382. The highest BCUT2D eigenvalue weighted by atomic mass is 35.5. The Balaban J connectivity index is 3.45. The van der Waals surface area contributed by atoms with Gasteiger partial charge in [-0.15, -0.1) is 0 Å². The molecule has 0 aliphatic rings. The van der Waals surface area contributed by atoms with E-state index >= 15 is 0 Å². The van der Waals surface area contributed by atoms with Gasteiger partial charge in [-0.3, -0.25) is 4.57 Å². The Hall–Kier alpha value is -1.36. The van der Waals surface area contributed by atoms with Crippen LogP contribution >= 0.6 is 19.2 Å². The Morgan fingerprint density at radius 3 is 1.78 bits per heavy atom. The molecule has 0 spiro atoms. The van der Waals surface area contributed by atoms with Crippen molar-refractivity contribution in [3.05, 3.63) is 34.9 Å². The molecule has 0 amide bonds. The van der Waals surface area contributed by atoms with Gasteiger partial charge in [0, 0.05) is 5.02 Å². The Bertz CT molecular complexity index is 619. The lowest BCUT2D eigenvalue weighted by atomic mass is 10.0. The summed E-state index contributed by atoms with van der Waals surface area (Å²) in [7, 11) is -3.76. The van der Waals surface area contributed by atoms with Crippen molar-refractivity contribution in [3.8, 4) is 12.1 Å². The first kappa shape index (κ1) is 19.7. The highest BCUT2D eigenvalue weighted by Gasteiger charge is 2.44. The van der Waals surface area contributed by atoms with Crippen molar-refractivity contribution in [3.63, 3.8) is 0 Å². The van der Waals surface area contributed by atoms with Crippen molar-refractivity contribution < 1.29 is 13.6 Å². The fourth-order valence-electron chi connectivity index (χ4n) is 2.13. The third-order valence-electron chi connectivity index (χ3n) is 2.86. The Kier molecular flexibility index (Phi) is 7.26. The van der Waals surface area contributed by atoms with E-state index in [1.807, 2.05) is 12.1 Å². The largest absolute Gasteiger partial charge is 0.340 e. The molecule has 0 saturated heterocycles. The zero-order valence-corrected chi connectivity index (χ0v) is 15.2. The molecule has 0 saturated carbocycles. The van der Waals surface area contributed by atoms with Crippen LogP contribution in [0.1, 0.15) is 38.9 Å². The molecular weight excluding hydrogens is 335 g/mol. The molecule has 1 atom stereocenters. The maximum absolute atomic E-state index is 13.4. The van der Waals surface area contributed by atoms with Gasteiger partial charge in [-0.05, 0) is 45.4 Å². The molecule has 0 heterocycles. The smallest absolute Gasteiger partial charge is 0.305 e. The van der Waals surface area contributed by atoms with Crippen LogP contribution in [-0.4, -0.2) is 12.2 Å². The van der Waals surface area contributed by atoms with E-state index < -0.39 is 19.2 Å². The van der Waals surface area contributed by atoms with E-state index in [4.69, 9.17) is 20.6 Å². The van der Waals surface area contributed by atoms with Crippen molar-refractivity contribution in [2.45, 2.75) is 45.6 Å². The van der Waals surface area contributed by atoms with E-state index in [0.29, 0.717) is 10.6 Å². The van der Waals surface area contributed by atoms with Gasteiger partial charge in [0.25, 0.3) is 0 Å². The molecule has 0 bridgehead atoms. The topological polar surface area (TPSA) is 83.1 Å². The molecule has 1 aromatic carbocycles. The van der Waals surface area contributed by atoms with E-state index in [2.05, 4.69) is 0 Å². The van der Waals surface area contributed by atoms with Crippen molar-refractivity contribution in [1.82, 2.24) is 0 Å². The van der Waals surface area contributed by atoms with Crippen LogP contribution in [0.15, 0.2) is 24.3 Å². The second-order valence-corrected chi connectivity index (χ2v) is 8.07. The van der Waals surface area contributed by atoms with Crippen molar-refractivity contribution in [1.29, 1.82) is 10.5 Å². The molecule has 124 valence electrons. The summed E-state index contributed by atoms with van der Waals surface area (Å²) in [5.74, 6) is -1.17.